The largest absolute Gasteiger partial charge is 0.328 e. The standard InChI is InChI=1S/C22H29N5O2S/c1-12(2)11-27-18(28)9-8-16-13(3)24-20(25-21(16)27)17-7-6-10-26(17)22(29)19-14(4)23-15(5)30-19/h12,17H,6-11H2,1-5H3/t17-/m1/s1. The van der Waals surface area contributed by atoms with Gasteiger partial charge in [-0.2, -0.15) is 0 Å². The van der Waals surface area contributed by atoms with Crippen LogP contribution in [0.4, 0.5) is 5.82 Å². The molecule has 0 radical (unpaired) electrons. The van der Waals surface area contributed by atoms with Crippen LogP contribution >= 0.6 is 11.3 Å². The fraction of sp³-hybridized carbons (Fsp3) is 0.591. The van der Waals surface area contributed by atoms with E-state index in [0.29, 0.717) is 42.6 Å². The van der Waals surface area contributed by atoms with Crippen LogP contribution in [0.2, 0.25) is 0 Å². The summed E-state index contributed by atoms with van der Waals surface area (Å²) in [5.41, 5.74) is 2.76. The van der Waals surface area contributed by atoms with Gasteiger partial charge in [0.2, 0.25) is 5.91 Å². The molecule has 1 atom stereocenters. The van der Waals surface area contributed by atoms with Gasteiger partial charge in [0, 0.05) is 30.8 Å². The quantitative estimate of drug-likeness (QED) is 0.742. The van der Waals surface area contributed by atoms with E-state index >= 15 is 0 Å². The van der Waals surface area contributed by atoms with Crippen molar-refractivity contribution in [3.05, 3.63) is 32.7 Å². The molecule has 30 heavy (non-hydrogen) atoms. The Morgan fingerprint density at radius 1 is 1.13 bits per heavy atom. The van der Waals surface area contributed by atoms with Gasteiger partial charge in [-0.3, -0.25) is 14.5 Å². The first-order valence-electron chi connectivity index (χ1n) is 10.7. The van der Waals surface area contributed by atoms with Crippen LogP contribution in [0.3, 0.4) is 0 Å². The molecule has 7 nitrogen and oxygen atoms in total. The lowest BCUT2D eigenvalue weighted by atomic mass is 10.0. The van der Waals surface area contributed by atoms with E-state index < -0.39 is 0 Å². The summed E-state index contributed by atoms with van der Waals surface area (Å²) in [5.74, 6) is 1.87. The molecule has 2 aliphatic rings. The molecular formula is C22H29N5O2S. The summed E-state index contributed by atoms with van der Waals surface area (Å²) in [6, 6.07) is -0.166. The number of aryl methyl sites for hydroxylation is 3. The second-order valence-electron chi connectivity index (χ2n) is 8.67. The molecular weight excluding hydrogens is 398 g/mol. The fourth-order valence-corrected chi connectivity index (χ4v) is 5.32. The average molecular weight is 428 g/mol. The fourth-order valence-electron chi connectivity index (χ4n) is 4.44. The van der Waals surface area contributed by atoms with Crippen LogP contribution in [0.15, 0.2) is 0 Å². The first kappa shape index (κ1) is 20.9. The van der Waals surface area contributed by atoms with E-state index in [0.717, 1.165) is 40.6 Å². The van der Waals surface area contributed by atoms with Crippen LogP contribution in [0.25, 0.3) is 0 Å². The molecule has 4 rings (SSSR count). The van der Waals surface area contributed by atoms with E-state index in [1.807, 2.05) is 30.6 Å². The number of hydrogen-bond acceptors (Lipinski definition) is 6. The highest BCUT2D eigenvalue weighted by molar-refractivity contribution is 7.13. The molecule has 0 aliphatic carbocycles. The van der Waals surface area contributed by atoms with E-state index in [2.05, 4.69) is 18.8 Å². The number of carbonyl (C=O) groups is 2. The smallest absolute Gasteiger partial charge is 0.266 e. The second-order valence-corrected chi connectivity index (χ2v) is 9.87. The summed E-state index contributed by atoms with van der Waals surface area (Å²) in [4.78, 5) is 44.4. The van der Waals surface area contributed by atoms with Crippen molar-refractivity contribution in [3.8, 4) is 0 Å². The first-order chi connectivity index (χ1) is 14.3. The van der Waals surface area contributed by atoms with Crippen molar-refractivity contribution in [2.24, 2.45) is 5.92 Å². The highest BCUT2D eigenvalue weighted by atomic mass is 32.1. The SMILES string of the molecule is Cc1nc(C)c(C(=O)N2CCC[C@@H]2c2nc(C)c3c(n2)N(CC(C)C)C(=O)CC3)s1. The van der Waals surface area contributed by atoms with Gasteiger partial charge in [0.25, 0.3) is 5.91 Å². The molecule has 2 aromatic heterocycles. The maximum atomic E-state index is 13.3. The number of carbonyl (C=O) groups excluding carboxylic acids is 2. The second kappa shape index (κ2) is 8.06. The molecule has 2 aromatic rings. The van der Waals surface area contributed by atoms with Gasteiger partial charge in [0.15, 0.2) is 5.82 Å². The summed E-state index contributed by atoms with van der Waals surface area (Å²) in [5, 5.41) is 0.898. The van der Waals surface area contributed by atoms with Crippen molar-refractivity contribution < 1.29 is 9.59 Å². The summed E-state index contributed by atoms with van der Waals surface area (Å²) in [7, 11) is 0. The Hall–Kier alpha value is -2.35. The molecule has 0 N–H and O–H groups in total. The Labute approximate surface area is 181 Å². The van der Waals surface area contributed by atoms with E-state index in [-0.39, 0.29) is 17.9 Å². The third kappa shape index (κ3) is 3.73. The average Bonchev–Trinajstić information content (AvgIpc) is 3.29. The van der Waals surface area contributed by atoms with Gasteiger partial charge < -0.3 is 4.90 Å². The Balaban J connectivity index is 1.70. The number of aromatic nitrogens is 3. The molecule has 2 aliphatic heterocycles. The Morgan fingerprint density at radius 3 is 2.57 bits per heavy atom. The molecule has 4 heterocycles. The van der Waals surface area contributed by atoms with Crippen LogP contribution < -0.4 is 4.90 Å². The number of amides is 2. The Morgan fingerprint density at radius 2 is 1.90 bits per heavy atom. The lowest BCUT2D eigenvalue weighted by Gasteiger charge is -2.32. The Kier molecular flexibility index (Phi) is 5.61. The zero-order valence-electron chi connectivity index (χ0n) is 18.4. The molecule has 1 fully saturated rings. The molecule has 0 bridgehead atoms. The number of thiazole rings is 1. The number of likely N-dealkylation sites (tertiary alicyclic amines) is 1. The summed E-state index contributed by atoms with van der Waals surface area (Å²) in [6.45, 7) is 11.3. The molecule has 160 valence electrons. The minimum Gasteiger partial charge on any atom is -0.328 e. The molecule has 1 saturated heterocycles. The summed E-state index contributed by atoms with van der Waals surface area (Å²) < 4.78 is 0. The molecule has 0 unspecified atom stereocenters. The Bertz CT molecular complexity index is 1000. The maximum Gasteiger partial charge on any atom is 0.266 e. The molecule has 8 heteroatoms. The third-order valence-electron chi connectivity index (χ3n) is 5.81. The van der Waals surface area contributed by atoms with Crippen LogP contribution in [0.5, 0.6) is 0 Å². The highest BCUT2D eigenvalue weighted by Gasteiger charge is 2.36. The predicted molar refractivity (Wildman–Crippen MR) is 117 cm³/mol. The molecule has 0 saturated carbocycles. The van der Waals surface area contributed by atoms with Crippen molar-refractivity contribution >= 4 is 29.0 Å². The highest BCUT2D eigenvalue weighted by Crippen LogP contribution is 2.36. The minimum absolute atomic E-state index is 0.00897. The van der Waals surface area contributed by atoms with Gasteiger partial charge in [-0.15, -0.1) is 11.3 Å². The summed E-state index contributed by atoms with van der Waals surface area (Å²) >= 11 is 1.44. The van der Waals surface area contributed by atoms with Crippen molar-refractivity contribution in [1.29, 1.82) is 0 Å². The van der Waals surface area contributed by atoms with Crippen LogP contribution in [-0.2, 0) is 11.2 Å². The van der Waals surface area contributed by atoms with Crippen molar-refractivity contribution in [3.63, 3.8) is 0 Å². The van der Waals surface area contributed by atoms with Crippen molar-refractivity contribution in [2.75, 3.05) is 18.0 Å². The van der Waals surface area contributed by atoms with Gasteiger partial charge >= 0.3 is 0 Å². The zero-order valence-corrected chi connectivity index (χ0v) is 19.2. The van der Waals surface area contributed by atoms with E-state index in [9.17, 15) is 9.59 Å². The number of anilines is 1. The minimum atomic E-state index is -0.166. The zero-order chi connectivity index (χ0) is 21.6. The van der Waals surface area contributed by atoms with Crippen molar-refractivity contribution in [2.45, 2.75) is 66.3 Å². The van der Waals surface area contributed by atoms with E-state index in [4.69, 9.17) is 9.97 Å². The first-order valence-corrected chi connectivity index (χ1v) is 11.5. The topological polar surface area (TPSA) is 79.3 Å². The van der Waals surface area contributed by atoms with E-state index in [1.54, 1.807) is 0 Å². The number of rotatable bonds is 4. The lowest BCUT2D eigenvalue weighted by molar-refractivity contribution is -0.119. The monoisotopic (exact) mass is 427 g/mol. The lowest BCUT2D eigenvalue weighted by Crippen LogP contribution is -2.40. The number of nitrogens with zero attached hydrogens (tertiary/aromatic N) is 5. The molecule has 2 amide bonds. The van der Waals surface area contributed by atoms with E-state index in [1.165, 1.54) is 11.3 Å². The van der Waals surface area contributed by atoms with Gasteiger partial charge in [-0.05, 0) is 46.0 Å². The van der Waals surface area contributed by atoms with Gasteiger partial charge in [0.1, 0.15) is 10.7 Å². The predicted octanol–water partition coefficient (Wildman–Crippen LogP) is 3.77. The number of fused-ring (bicyclic) bond motifs is 1. The van der Waals surface area contributed by atoms with Gasteiger partial charge in [-0.25, -0.2) is 15.0 Å². The number of hydrogen-bond donors (Lipinski definition) is 0. The normalized spacial score (nSPS) is 19.0. The van der Waals surface area contributed by atoms with Crippen molar-refractivity contribution in [1.82, 2.24) is 19.9 Å². The third-order valence-corrected chi connectivity index (χ3v) is 6.87. The molecule has 0 spiro atoms. The summed E-state index contributed by atoms with van der Waals surface area (Å²) in [6.07, 6.45) is 2.93. The van der Waals surface area contributed by atoms with Crippen LogP contribution in [0.1, 0.15) is 76.6 Å². The van der Waals surface area contributed by atoms with Gasteiger partial charge in [-0.1, -0.05) is 13.8 Å². The van der Waals surface area contributed by atoms with Crippen LogP contribution in [0, 0.1) is 26.7 Å². The van der Waals surface area contributed by atoms with Gasteiger partial charge in [0.05, 0.1) is 16.7 Å². The van der Waals surface area contributed by atoms with Crippen LogP contribution in [-0.4, -0.2) is 44.8 Å². The molecule has 0 aromatic carbocycles. The maximum absolute atomic E-state index is 13.3.